The maximum Gasteiger partial charge on any atom is 0.243 e. The van der Waals surface area contributed by atoms with E-state index in [1.807, 2.05) is 0 Å². The van der Waals surface area contributed by atoms with E-state index in [2.05, 4.69) is 34.8 Å². The maximum atomic E-state index is 2.48. The predicted octanol–water partition coefficient (Wildman–Crippen LogP) is 4.77. The van der Waals surface area contributed by atoms with E-state index in [-0.39, 0.29) is 17.0 Å². The molecular weight excluding hydrogens is 408 g/mol. The Bertz CT molecular complexity index is 451. The van der Waals surface area contributed by atoms with E-state index in [1.165, 1.54) is 129 Å². The Morgan fingerprint density at radius 2 is 1.21 bits per heavy atom. The summed E-state index contributed by atoms with van der Waals surface area (Å²) in [5, 5.41) is 0. The first-order valence-electron chi connectivity index (χ1n) is 12.5. The van der Waals surface area contributed by atoms with Gasteiger partial charge >= 0.3 is 0 Å². The molecule has 0 saturated heterocycles. The zero-order valence-corrected chi connectivity index (χ0v) is 20.3. The Morgan fingerprint density at radius 3 is 1.75 bits per heavy atom. The average Bonchev–Trinajstić information content (AvgIpc) is 3.18. The van der Waals surface area contributed by atoms with E-state index in [4.69, 9.17) is 0 Å². The number of aryl methyl sites for hydroxylation is 1. The minimum Gasteiger partial charge on any atom is -1.00 e. The van der Waals surface area contributed by atoms with E-state index in [9.17, 15) is 0 Å². The molecule has 0 aliphatic heterocycles. The summed E-state index contributed by atoms with van der Waals surface area (Å²) in [5.41, 5.74) is 0. The van der Waals surface area contributed by atoms with Gasteiger partial charge in [-0.05, 0) is 38.5 Å². The molecule has 0 bridgehead atoms. The molecule has 0 unspecified atom stereocenters. The molecule has 0 spiro atoms. The molecule has 1 aliphatic carbocycles. The van der Waals surface area contributed by atoms with E-state index in [0.717, 1.165) is 6.04 Å². The second-order valence-corrected chi connectivity index (χ2v) is 8.99. The maximum absolute atomic E-state index is 2.48. The van der Waals surface area contributed by atoms with Crippen LogP contribution in [0.25, 0.3) is 0 Å². The molecule has 1 aliphatic rings. The highest BCUT2D eigenvalue weighted by Crippen LogP contribution is 2.27. The molecule has 0 atom stereocenters. The van der Waals surface area contributed by atoms with Gasteiger partial charge < -0.3 is 17.0 Å². The molecule has 0 amide bonds. The van der Waals surface area contributed by atoms with Crippen LogP contribution >= 0.6 is 0 Å². The minimum absolute atomic E-state index is 0. The van der Waals surface area contributed by atoms with Gasteiger partial charge in [-0.2, -0.15) is 0 Å². The van der Waals surface area contributed by atoms with Crippen LogP contribution in [0.2, 0.25) is 0 Å². The number of hydrogen-bond acceptors (Lipinski definition) is 0. The van der Waals surface area contributed by atoms with Gasteiger partial charge in [0.25, 0.3) is 0 Å². The van der Waals surface area contributed by atoms with Gasteiger partial charge in [0.1, 0.15) is 18.4 Å². The lowest BCUT2D eigenvalue weighted by Crippen LogP contribution is -3.00. The fourth-order valence-electron chi connectivity index (χ4n) is 4.63. The zero-order chi connectivity index (χ0) is 19.0. The van der Waals surface area contributed by atoms with Crippen LogP contribution in [-0.2, 0) is 6.54 Å². The third-order valence-electron chi connectivity index (χ3n) is 6.48. The fraction of sp³-hybridized carbons (Fsp3) is 0.880. The summed E-state index contributed by atoms with van der Waals surface area (Å²) >= 11 is 0. The molecule has 3 heteroatoms. The molecule has 1 heterocycles. The molecule has 164 valence electrons. The smallest absolute Gasteiger partial charge is 0.243 e. The van der Waals surface area contributed by atoms with E-state index >= 15 is 0 Å². The minimum atomic E-state index is 0. The van der Waals surface area contributed by atoms with Gasteiger partial charge in [0, 0.05) is 0 Å². The highest BCUT2D eigenvalue weighted by molar-refractivity contribution is 4.77. The summed E-state index contributed by atoms with van der Waals surface area (Å²) in [7, 11) is 0. The highest BCUT2D eigenvalue weighted by Gasteiger charge is 2.19. The molecule has 1 aromatic heterocycles. The van der Waals surface area contributed by atoms with Gasteiger partial charge in [-0.1, -0.05) is 90.4 Å². The van der Waals surface area contributed by atoms with Crippen molar-refractivity contribution in [1.82, 2.24) is 4.57 Å². The van der Waals surface area contributed by atoms with E-state index in [1.54, 1.807) is 0 Å². The van der Waals surface area contributed by atoms with Gasteiger partial charge in [0.05, 0.1) is 6.54 Å². The number of rotatable bonds is 16. The van der Waals surface area contributed by atoms with Gasteiger partial charge in [-0.25, -0.2) is 9.13 Å². The summed E-state index contributed by atoms with van der Waals surface area (Å²) in [4.78, 5) is 0. The largest absolute Gasteiger partial charge is 1.00 e. The molecular formula is C25H47BrN2. The summed E-state index contributed by atoms with van der Waals surface area (Å²) < 4.78 is 4.89. The normalized spacial score (nSPS) is 14.9. The number of imidazole rings is 1. The molecule has 2 rings (SSSR count). The SMILES string of the molecule is CCCCCCCCCCCCCCCC[n+]1ccn(C2CCCCC2)c1.[Br-]. The van der Waals surface area contributed by atoms with E-state index < -0.39 is 0 Å². The monoisotopic (exact) mass is 454 g/mol. The molecule has 0 N–H and O–H groups in total. The number of halogens is 1. The molecule has 1 aromatic rings. The van der Waals surface area contributed by atoms with Gasteiger partial charge in [-0.3, -0.25) is 0 Å². The first kappa shape index (κ1) is 25.7. The van der Waals surface area contributed by atoms with Crippen LogP contribution in [0.4, 0.5) is 0 Å². The summed E-state index contributed by atoms with van der Waals surface area (Å²) in [5.74, 6) is 0. The molecule has 0 aromatic carbocycles. The first-order chi connectivity index (χ1) is 13.4. The molecule has 0 radical (unpaired) electrons. The summed E-state index contributed by atoms with van der Waals surface area (Å²) in [6.07, 6.45) is 34.2. The number of hydrogen-bond donors (Lipinski definition) is 0. The Morgan fingerprint density at radius 1 is 0.714 bits per heavy atom. The van der Waals surface area contributed by atoms with Crippen LogP contribution in [0, 0.1) is 0 Å². The Balaban J connectivity index is 0.00000392. The second-order valence-electron chi connectivity index (χ2n) is 8.99. The van der Waals surface area contributed by atoms with Crippen LogP contribution in [0.1, 0.15) is 135 Å². The van der Waals surface area contributed by atoms with Crippen molar-refractivity contribution in [3.05, 3.63) is 18.7 Å². The Kier molecular flexibility index (Phi) is 16.1. The Labute approximate surface area is 186 Å². The third-order valence-corrected chi connectivity index (χ3v) is 6.48. The average molecular weight is 456 g/mol. The van der Waals surface area contributed by atoms with Crippen molar-refractivity contribution in [2.45, 2.75) is 142 Å². The summed E-state index contributed by atoms with van der Waals surface area (Å²) in [6.45, 7) is 3.51. The predicted molar refractivity (Wildman–Crippen MR) is 117 cm³/mol. The molecule has 2 nitrogen and oxygen atoms in total. The topological polar surface area (TPSA) is 8.81 Å². The van der Waals surface area contributed by atoms with Crippen LogP contribution < -0.4 is 21.5 Å². The Hall–Kier alpha value is -0.310. The van der Waals surface area contributed by atoms with Crippen LogP contribution in [0.15, 0.2) is 18.7 Å². The number of nitrogens with zero attached hydrogens (tertiary/aromatic N) is 2. The standard InChI is InChI=1S/C25H47N2.BrH/c1-2-3-4-5-6-7-8-9-10-11-12-13-14-18-21-26-22-23-27(24-26)25-19-16-15-17-20-25;/h22-25H,2-21H2,1H3;1H/q+1;/p-1. The van der Waals surface area contributed by atoms with E-state index in [0.29, 0.717) is 0 Å². The third kappa shape index (κ3) is 11.6. The summed E-state index contributed by atoms with van der Waals surface area (Å²) in [6, 6.07) is 0.774. The number of aromatic nitrogens is 2. The lowest BCUT2D eigenvalue weighted by Gasteiger charge is -2.18. The highest BCUT2D eigenvalue weighted by atomic mass is 79.9. The molecule has 1 fully saturated rings. The van der Waals surface area contributed by atoms with Crippen molar-refractivity contribution in [2.75, 3.05) is 0 Å². The van der Waals surface area contributed by atoms with Crippen LogP contribution in [0.3, 0.4) is 0 Å². The van der Waals surface area contributed by atoms with Crippen molar-refractivity contribution in [3.63, 3.8) is 0 Å². The van der Waals surface area contributed by atoms with Crippen molar-refractivity contribution < 1.29 is 21.5 Å². The van der Waals surface area contributed by atoms with Crippen LogP contribution in [-0.4, -0.2) is 4.57 Å². The quantitative estimate of drug-likeness (QED) is 0.251. The van der Waals surface area contributed by atoms with Crippen molar-refractivity contribution in [1.29, 1.82) is 0 Å². The first-order valence-corrected chi connectivity index (χ1v) is 12.5. The van der Waals surface area contributed by atoms with Crippen LogP contribution in [0.5, 0.6) is 0 Å². The molecule has 28 heavy (non-hydrogen) atoms. The molecule has 1 saturated carbocycles. The van der Waals surface area contributed by atoms with Crippen molar-refractivity contribution >= 4 is 0 Å². The lowest BCUT2D eigenvalue weighted by atomic mass is 9.95. The van der Waals surface area contributed by atoms with Crippen molar-refractivity contribution in [3.8, 4) is 0 Å². The van der Waals surface area contributed by atoms with Gasteiger partial charge in [-0.15, -0.1) is 0 Å². The van der Waals surface area contributed by atoms with Crippen molar-refractivity contribution in [2.24, 2.45) is 0 Å². The zero-order valence-electron chi connectivity index (χ0n) is 18.7. The number of unbranched alkanes of at least 4 members (excludes halogenated alkanes) is 13. The lowest BCUT2D eigenvalue weighted by molar-refractivity contribution is -0.697. The van der Waals surface area contributed by atoms with Gasteiger partial charge in [0.2, 0.25) is 6.33 Å². The second kappa shape index (κ2) is 17.5. The van der Waals surface area contributed by atoms with Gasteiger partial charge in [0.15, 0.2) is 0 Å². The fourth-order valence-corrected chi connectivity index (χ4v) is 4.63.